The molecule has 2 rings (SSSR count). The van der Waals surface area contributed by atoms with Gasteiger partial charge in [0.15, 0.2) is 5.82 Å². The van der Waals surface area contributed by atoms with Gasteiger partial charge in [0.05, 0.1) is 26.0 Å². The second-order valence-electron chi connectivity index (χ2n) is 4.46. The normalized spacial score (nSPS) is 11.3. The maximum absolute atomic E-state index is 12.7. The Morgan fingerprint density at radius 1 is 1.30 bits per heavy atom. The molecule has 0 N–H and O–H groups in total. The van der Waals surface area contributed by atoms with Crippen LogP contribution in [-0.4, -0.2) is 27.1 Å². The number of benzene rings is 1. The monoisotopic (exact) mass is 438 g/mol. The summed E-state index contributed by atoms with van der Waals surface area (Å²) in [4.78, 5) is 4.07. The van der Waals surface area contributed by atoms with Crippen molar-refractivity contribution in [1.29, 1.82) is 0 Å². The van der Waals surface area contributed by atoms with Crippen LogP contribution in [0.15, 0.2) is 39.8 Å². The Hall–Kier alpha value is -1.02. The van der Waals surface area contributed by atoms with E-state index in [1.165, 1.54) is 31.4 Å². The Morgan fingerprint density at radius 3 is 2.57 bits per heavy atom. The summed E-state index contributed by atoms with van der Waals surface area (Å²) in [6.07, 6.45) is 1.34. The van der Waals surface area contributed by atoms with E-state index in [-0.39, 0.29) is 15.7 Å². The van der Waals surface area contributed by atoms with E-state index in [0.29, 0.717) is 21.9 Å². The molecule has 0 fully saturated rings. The Kier molecular flexibility index (Phi) is 5.78. The summed E-state index contributed by atoms with van der Waals surface area (Å²) in [5.74, 6) is 0.665. The van der Waals surface area contributed by atoms with Crippen molar-refractivity contribution >= 4 is 55.0 Å². The van der Waals surface area contributed by atoms with E-state index in [2.05, 4.69) is 20.9 Å². The topological polar surface area (TPSA) is 59.5 Å². The van der Waals surface area contributed by atoms with Crippen molar-refractivity contribution in [3.05, 3.63) is 45.0 Å². The number of hydrogen-bond acceptors (Lipinski definition) is 4. The number of aromatic nitrogens is 1. The highest BCUT2D eigenvalue weighted by Crippen LogP contribution is 2.32. The van der Waals surface area contributed by atoms with E-state index in [9.17, 15) is 8.42 Å². The molecule has 0 aliphatic heterocycles. The molecule has 124 valence electrons. The molecule has 0 spiro atoms. The molecular weight excluding hydrogens is 427 g/mol. The minimum Gasteiger partial charge on any atom is -0.493 e. The second-order valence-corrected chi connectivity index (χ2v) is 8.12. The molecule has 2 aromatic rings. The molecule has 0 unspecified atom stereocenters. The number of pyridine rings is 1. The number of rotatable bonds is 5. The van der Waals surface area contributed by atoms with E-state index in [0.717, 1.165) is 4.31 Å². The van der Waals surface area contributed by atoms with Crippen molar-refractivity contribution in [2.24, 2.45) is 0 Å². The SMILES string of the molecule is CCOc1ccc(S(=O)(=O)N(C)c2ncc(Cl)cc2Cl)cc1Br. The Balaban J connectivity index is 2.43. The van der Waals surface area contributed by atoms with Gasteiger partial charge in [-0.05, 0) is 47.1 Å². The third-order valence-electron chi connectivity index (χ3n) is 2.95. The average Bonchev–Trinajstić information content (AvgIpc) is 2.48. The minimum absolute atomic E-state index is 0.0862. The van der Waals surface area contributed by atoms with Gasteiger partial charge < -0.3 is 4.74 Å². The van der Waals surface area contributed by atoms with Crippen LogP contribution in [0.1, 0.15) is 6.92 Å². The predicted molar refractivity (Wildman–Crippen MR) is 95.2 cm³/mol. The fourth-order valence-corrected chi connectivity index (χ4v) is 4.22. The Morgan fingerprint density at radius 2 is 2.00 bits per heavy atom. The standard InChI is InChI=1S/C14H13BrCl2N2O3S/c1-3-22-13-5-4-10(7-11(13)15)23(20,21)19(2)14-12(17)6-9(16)8-18-14/h4-8H,3H2,1-2H3. The maximum Gasteiger partial charge on any atom is 0.265 e. The number of ether oxygens (including phenoxy) is 1. The molecule has 1 aromatic carbocycles. The largest absolute Gasteiger partial charge is 0.493 e. The molecule has 5 nitrogen and oxygen atoms in total. The van der Waals surface area contributed by atoms with Gasteiger partial charge in [0, 0.05) is 13.2 Å². The zero-order chi connectivity index (χ0) is 17.2. The maximum atomic E-state index is 12.7. The molecule has 0 aliphatic rings. The summed E-state index contributed by atoms with van der Waals surface area (Å²) in [5, 5.41) is 0.474. The predicted octanol–water partition coefficient (Wildman–Crippen LogP) is 4.37. The van der Waals surface area contributed by atoms with Gasteiger partial charge in [-0.1, -0.05) is 23.2 Å². The van der Waals surface area contributed by atoms with Gasteiger partial charge >= 0.3 is 0 Å². The second kappa shape index (κ2) is 7.25. The third kappa shape index (κ3) is 3.91. The summed E-state index contributed by atoms with van der Waals surface area (Å²) in [6.45, 7) is 2.33. The van der Waals surface area contributed by atoms with E-state index in [4.69, 9.17) is 27.9 Å². The van der Waals surface area contributed by atoms with Gasteiger partial charge in [-0.2, -0.15) is 0 Å². The van der Waals surface area contributed by atoms with Crippen LogP contribution in [0.2, 0.25) is 10.0 Å². The van der Waals surface area contributed by atoms with Gasteiger partial charge in [-0.15, -0.1) is 0 Å². The third-order valence-corrected chi connectivity index (χ3v) is 5.80. The molecule has 0 bridgehead atoms. The number of sulfonamides is 1. The van der Waals surface area contributed by atoms with Gasteiger partial charge in [-0.3, -0.25) is 4.31 Å². The van der Waals surface area contributed by atoms with Crippen molar-refractivity contribution in [2.45, 2.75) is 11.8 Å². The van der Waals surface area contributed by atoms with Crippen LogP contribution in [0.3, 0.4) is 0 Å². The molecule has 9 heteroatoms. The lowest BCUT2D eigenvalue weighted by atomic mass is 10.3. The first-order chi connectivity index (χ1) is 10.8. The van der Waals surface area contributed by atoms with Crippen molar-refractivity contribution in [3.8, 4) is 5.75 Å². The molecule has 0 radical (unpaired) electrons. The summed E-state index contributed by atoms with van der Waals surface area (Å²) < 4.78 is 32.4. The van der Waals surface area contributed by atoms with Crippen LogP contribution in [-0.2, 0) is 10.0 Å². The highest BCUT2D eigenvalue weighted by atomic mass is 79.9. The molecule has 23 heavy (non-hydrogen) atoms. The Bertz CT molecular complexity index is 831. The van der Waals surface area contributed by atoms with E-state index >= 15 is 0 Å². The number of anilines is 1. The molecule has 0 atom stereocenters. The van der Waals surface area contributed by atoms with Crippen molar-refractivity contribution in [1.82, 2.24) is 4.98 Å². The lowest BCUT2D eigenvalue weighted by Crippen LogP contribution is -2.27. The number of hydrogen-bond donors (Lipinski definition) is 0. The fourth-order valence-electron chi connectivity index (χ4n) is 1.83. The van der Waals surface area contributed by atoms with Crippen LogP contribution in [0.4, 0.5) is 5.82 Å². The molecule has 0 aliphatic carbocycles. The molecule has 0 amide bonds. The van der Waals surface area contributed by atoms with E-state index in [1.54, 1.807) is 6.07 Å². The Labute approximate surface area is 153 Å². The van der Waals surface area contributed by atoms with Crippen LogP contribution in [0, 0.1) is 0 Å². The molecule has 0 saturated heterocycles. The van der Waals surface area contributed by atoms with Gasteiger partial charge in [0.25, 0.3) is 10.0 Å². The summed E-state index contributed by atoms with van der Waals surface area (Å²) in [6, 6.07) is 5.96. The first kappa shape index (κ1) is 18.3. The van der Waals surface area contributed by atoms with Crippen LogP contribution < -0.4 is 9.04 Å². The summed E-state index contributed by atoms with van der Waals surface area (Å²) in [7, 11) is -2.45. The zero-order valence-electron chi connectivity index (χ0n) is 12.3. The number of halogens is 3. The van der Waals surface area contributed by atoms with E-state index < -0.39 is 10.0 Å². The fraction of sp³-hybridized carbons (Fsp3) is 0.214. The highest BCUT2D eigenvalue weighted by molar-refractivity contribution is 9.10. The average molecular weight is 440 g/mol. The van der Waals surface area contributed by atoms with Crippen LogP contribution >= 0.6 is 39.1 Å². The van der Waals surface area contributed by atoms with Crippen molar-refractivity contribution < 1.29 is 13.2 Å². The first-order valence-electron chi connectivity index (χ1n) is 6.49. The quantitative estimate of drug-likeness (QED) is 0.693. The van der Waals surface area contributed by atoms with Gasteiger partial charge in [-0.25, -0.2) is 13.4 Å². The number of nitrogens with zero attached hydrogens (tertiary/aromatic N) is 2. The van der Waals surface area contributed by atoms with Crippen molar-refractivity contribution in [2.75, 3.05) is 18.0 Å². The smallest absolute Gasteiger partial charge is 0.265 e. The van der Waals surface area contributed by atoms with E-state index in [1.807, 2.05) is 6.92 Å². The summed E-state index contributed by atoms with van der Waals surface area (Å²) >= 11 is 15.1. The molecule has 1 aromatic heterocycles. The minimum atomic E-state index is -3.82. The van der Waals surface area contributed by atoms with Crippen LogP contribution in [0.25, 0.3) is 0 Å². The highest BCUT2D eigenvalue weighted by Gasteiger charge is 2.25. The molecule has 0 saturated carbocycles. The van der Waals surface area contributed by atoms with Gasteiger partial charge in [0.2, 0.25) is 0 Å². The molecular formula is C14H13BrCl2N2O3S. The van der Waals surface area contributed by atoms with Crippen LogP contribution in [0.5, 0.6) is 5.75 Å². The lowest BCUT2D eigenvalue weighted by Gasteiger charge is -2.20. The van der Waals surface area contributed by atoms with Gasteiger partial charge in [0.1, 0.15) is 5.75 Å². The molecule has 1 heterocycles. The first-order valence-corrected chi connectivity index (χ1v) is 9.48. The summed E-state index contributed by atoms with van der Waals surface area (Å²) in [5.41, 5.74) is 0. The zero-order valence-corrected chi connectivity index (χ0v) is 16.2. The lowest BCUT2D eigenvalue weighted by molar-refractivity contribution is 0.338. The van der Waals surface area contributed by atoms with Crippen molar-refractivity contribution in [3.63, 3.8) is 0 Å².